The second-order valence-corrected chi connectivity index (χ2v) is 8.04. The molecule has 0 amide bonds. The van der Waals surface area contributed by atoms with Gasteiger partial charge in [0.2, 0.25) is 5.75 Å². The summed E-state index contributed by atoms with van der Waals surface area (Å²) in [6.45, 7) is 9.38. The van der Waals surface area contributed by atoms with Crippen molar-refractivity contribution < 1.29 is 14.9 Å². The first-order valence-electron chi connectivity index (χ1n) is 11.8. The van der Waals surface area contributed by atoms with Crippen LogP contribution in [0, 0.1) is 0 Å². The van der Waals surface area contributed by atoms with Crippen molar-refractivity contribution in [3.8, 4) is 17.2 Å². The molecule has 28 heavy (non-hydrogen) atoms. The average Bonchev–Trinajstić information content (AvgIpc) is 2.70. The largest absolute Gasteiger partial charge is 0.504 e. The molecule has 0 heterocycles. The lowest BCUT2D eigenvalue weighted by atomic mass is 9.89. The van der Waals surface area contributed by atoms with Crippen LogP contribution in [0.5, 0.6) is 17.2 Å². The number of unbranched alkanes of at least 4 members (excludes halogenated alkanes) is 7. The maximum absolute atomic E-state index is 10.8. The predicted molar refractivity (Wildman–Crippen MR) is 120 cm³/mol. The number of aromatic hydroxyl groups is 2. The molecule has 1 rings (SSSR count). The average molecular weight is 393 g/mol. The first kappa shape index (κ1) is 24.7. The van der Waals surface area contributed by atoms with Crippen molar-refractivity contribution in [2.45, 2.75) is 118 Å². The van der Waals surface area contributed by atoms with E-state index in [0.29, 0.717) is 12.4 Å². The highest BCUT2D eigenvalue weighted by atomic mass is 16.5. The maximum atomic E-state index is 10.8. The van der Waals surface area contributed by atoms with E-state index >= 15 is 0 Å². The molecule has 0 aliphatic heterocycles. The fourth-order valence-electron chi connectivity index (χ4n) is 3.79. The number of hydrogen-bond acceptors (Lipinski definition) is 3. The lowest BCUT2D eigenvalue weighted by Crippen LogP contribution is -2.08. The molecule has 0 fully saturated rings. The van der Waals surface area contributed by atoms with E-state index in [1.165, 1.54) is 24.8 Å². The molecule has 3 nitrogen and oxygen atoms in total. The van der Waals surface area contributed by atoms with Crippen molar-refractivity contribution in [3.63, 3.8) is 0 Å². The van der Waals surface area contributed by atoms with Gasteiger partial charge in [0.15, 0.2) is 11.5 Å². The SMILES string of the molecule is CCCCCCCOc1c(O)c(O)c(CCCC)c(CCCC)c1CCCC. The lowest BCUT2D eigenvalue weighted by Gasteiger charge is -2.22. The topological polar surface area (TPSA) is 49.7 Å². The molecule has 0 aliphatic rings. The summed E-state index contributed by atoms with van der Waals surface area (Å²) in [5, 5.41) is 21.6. The summed E-state index contributed by atoms with van der Waals surface area (Å²) in [6.07, 6.45) is 15.1. The van der Waals surface area contributed by atoms with Crippen LogP contribution in [-0.2, 0) is 19.3 Å². The van der Waals surface area contributed by atoms with Crippen LogP contribution in [0.25, 0.3) is 0 Å². The fraction of sp³-hybridized carbons (Fsp3) is 0.760. The molecular formula is C25H44O3. The van der Waals surface area contributed by atoms with Gasteiger partial charge in [-0.05, 0) is 50.5 Å². The number of rotatable bonds is 16. The summed E-state index contributed by atoms with van der Waals surface area (Å²) in [5.41, 5.74) is 3.33. The van der Waals surface area contributed by atoms with Crippen LogP contribution in [0.1, 0.15) is 115 Å². The van der Waals surface area contributed by atoms with E-state index in [9.17, 15) is 10.2 Å². The summed E-state index contributed by atoms with van der Waals surface area (Å²) >= 11 is 0. The quantitative estimate of drug-likeness (QED) is 0.226. The zero-order chi connectivity index (χ0) is 20.8. The summed E-state index contributed by atoms with van der Waals surface area (Å²) < 4.78 is 6.10. The second-order valence-electron chi connectivity index (χ2n) is 8.04. The zero-order valence-corrected chi connectivity index (χ0v) is 18.9. The van der Waals surface area contributed by atoms with E-state index in [1.807, 2.05) is 0 Å². The Morgan fingerprint density at radius 3 is 1.61 bits per heavy atom. The van der Waals surface area contributed by atoms with E-state index in [0.717, 1.165) is 81.8 Å². The third-order valence-corrected chi connectivity index (χ3v) is 5.56. The van der Waals surface area contributed by atoms with Crippen molar-refractivity contribution >= 4 is 0 Å². The molecule has 0 aromatic heterocycles. The van der Waals surface area contributed by atoms with Crippen molar-refractivity contribution in [2.24, 2.45) is 0 Å². The Bertz CT molecular complexity index is 551. The molecule has 0 unspecified atom stereocenters. The van der Waals surface area contributed by atoms with Gasteiger partial charge in [-0.25, -0.2) is 0 Å². The second kappa shape index (κ2) is 14.6. The molecule has 1 aromatic carbocycles. The van der Waals surface area contributed by atoms with Crippen LogP contribution in [-0.4, -0.2) is 16.8 Å². The third kappa shape index (κ3) is 7.56. The number of phenols is 2. The van der Waals surface area contributed by atoms with E-state index in [4.69, 9.17) is 4.74 Å². The standard InChI is InChI=1S/C25H44O3/c1-5-9-13-14-15-19-28-25-22(18-12-8-4)20(16-10-6-2)21(17-11-7-3)23(26)24(25)27/h26-27H,5-19H2,1-4H3. The molecule has 0 bridgehead atoms. The highest BCUT2D eigenvalue weighted by molar-refractivity contribution is 5.62. The smallest absolute Gasteiger partial charge is 0.201 e. The molecule has 0 spiro atoms. The van der Waals surface area contributed by atoms with Gasteiger partial charge in [0.05, 0.1) is 6.61 Å². The van der Waals surface area contributed by atoms with Gasteiger partial charge in [-0.1, -0.05) is 72.6 Å². The Hall–Kier alpha value is -1.38. The summed E-state index contributed by atoms with van der Waals surface area (Å²) in [4.78, 5) is 0. The minimum Gasteiger partial charge on any atom is -0.504 e. The first-order valence-corrected chi connectivity index (χ1v) is 11.8. The Morgan fingerprint density at radius 1 is 0.536 bits per heavy atom. The van der Waals surface area contributed by atoms with Crippen LogP contribution in [0.2, 0.25) is 0 Å². The molecule has 0 saturated heterocycles. The van der Waals surface area contributed by atoms with Crippen molar-refractivity contribution in [1.29, 1.82) is 0 Å². The normalized spacial score (nSPS) is 11.1. The lowest BCUT2D eigenvalue weighted by molar-refractivity contribution is 0.278. The fourth-order valence-corrected chi connectivity index (χ4v) is 3.79. The van der Waals surface area contributed by atoms with Crippen molar-refractivity contribution in [3.05, 3.63) is 16.7 Å². The van der Waals surface area contributed by atoms with E-state index < -0.39 is 0 Å². The van der Waals surface area contributed by atoms with Gasteiger partial charge in [-0.3, -0.25) is 0 Å². The van der Waals surface area contributed by atoms with Crippen molar-refractivity contribution in [2.75, 3.05) is 6.61 Å². The predicted octanol–water partition coefficient (Wildman–Crippen LogP) is 7.47. The monoisotopic (exact) mass is 392 g/mol. The van der Waals surface area contributed by atoms with E-state index in [1.54, 1.807) is 0 Å². The molecular weight excluding hydrogens is 348 g/mol. The molecule has 0 aliphatic carbocycles. The number of benzene rings is 1. The molecule has 2 N–H and O–H groups in total. The van der Waals surface area contributed by atoms with Crippen LogP contribution in [0.15, 0.2) is 0 Å². The summed E-state index contributed by atoms with van der Waals surface area (Å²) in [7, 11) is 0. The molecule has 3 heteroatoms. The van der Waals surface area contributed by atoms with Gasteiger partial charge in [0, 0.05) is 11.1 Å². The molecule has 0 atom stereocenters. The van der Waals surface area contributed by atoms with Gasteiger partial charge in [0.25, 0.3) is 0 Å². The Kier molecular flexibility index (Phi) is 12.9. The molecule has 1 aromatic rings. The van der Waals surface area contributed by atoms with E-state index in [-0.39, 0.29) is 11.5 Å². The molecule has 0 radical (unpaired) electrons. The highest BCUT2D eigenvalue weighted by Crippen LogP contribution is 2.46. The Balaban J connectivity index is 3.16. The van der Waals surface area contributed by atoms with E-state index in [2.05, 4.69) is 27.7 Å². The minimum absolute atomic E-state index is 0.0361. The van der Waals surface area contributed by atoms with Crippen molar-refractivity contribution in [1.82, 2.24) is 0 Å². The van der Waals surface area contributed by atoms with Gasteiger partial charge in [0.1, 0.15) is 0 Å². The summed E-state index contributed by atoms with van der Waals surface area (Å²) in [6, 6.07) is 0. The Morgan fingerprint density at radius 2 is 1.04 bits per heavy atom. The molecule has 162 valence electrons. The summed E-state index contributed by atoms with van der Waals surface area (Å²) in [5.74, 6) is 0.569. The zero-order valence-electron chi connectivity index (χ0n) is 18.9. The highest BCUT2D eigenvalue weighted by Gasteiger charge is 2.23. The minimum atomic E-state index is -0.0361. The van der Waals surface area contributed by atoms with Gasteiger partial charge >= 0.3 is 0 Å². The Labute approximate surface area is 173 Å². The van der Waals surface area contributed by atoms with Crippen LogP contribution in [0.4, 0.5) is 0 Å². The number of ether oxygens (including phenoxy) is 1. The van der Waals surface area contributed by atoms with Crippen LogP contribution >= 0.6 is 0 Å². The van der Waals surface area contributed by atoms with Gasteiger partial charge in [-0.2, -0.15) is 0 Å². The maximum Gasteiger partial charge on any atom is 0.201 e. The number of phenolic OH excluding ortho intramolecular Hbond substituents is 2. The third-order valence-electron chi connectivity index (χ3n) is 5.56. The van der Waals surface area contributed by atoms with Gasteiger partial charge in [-0.15, -0.1) is 0 Å². The molecule has 0 saturated carbocycles. The van der Waals surface area contributed by atoms with Gasteiger partial charge < -0.3 is 14.9 Å². The van der Waals surface area contributed by atoms with Crippen LogP contribution in [0.3, 0.4) is 0 Å². The first-order chi connectivity index (χ1) is 13.6. The number of hydrogen-bond donors (Lipinski definition) is 2. The van der Waals surface area contributed by atoms with Crippen LogP contribution < -0.4 is 4.74 Å².